The highest BCUT2D eigenvalue weighted by Gasteiger charge is 2.31. The van der Waals surface area contributed by atoms with Gasteiger partial charge in [0.2, 0.25) is 0 Å². The first-order valence-electron chi connectivity index (χ1n) is 8.87. The molecule has 1 aromatic rings. The predicted molar refractivity (Wildman–Crippen MR) is 110 cm³/mol. The van der Waals surface area contributed by atoms with Gasteiger partial charge < -0.3 is 20.1 Å². The number of para-hydroxylation sites is 1. The van der Waals surface area contributed by atoms with Gasteiger partial charge in [-0.1, -0.05) is 31.0 Å². The van der Waals surface area contributed by atoms with E-state index in [-0.39, 0.29) is 36.3 Å². The molecule has 1 saturated carbocycles. The SMILES string of the molecule is CN=C(NCCCOC1CCCC1)NCc1ccccc1OC(F)(F)F.I. The summed E-state index contributed by atoms with van der Waals surface area (Å²) in [5.41, 5.74) is 0.400. The van der Waals surface area contributed by atoms with Gasteiger partial charge in [0.05, 0.1) is 6.10 Å². The van der Waals surface area contributed by atoms with Crippen LogP contribution in [0.2, 0.25) is 0 Å². The van der Waals surface area contributed by atoms with Crippen molar-refractivity contribution in [2.75, 3.05) is 20.2 Å². The van der Waals surface area contributed by atoms with Crippen LogP contribution in [0.15, 0.2) is 29.3 Å². The summed E-state index contributed by atoms with van der Waals surface area (Å²) in [5, 5.41) is 6.12. The largest absolute Gasteiger partial charge is 0.573 e. The Bertz CT molecular complexity index is 579. The van der Waals surface area contributed by atoms with Gasteiger partial charge in [-0.15, -0.1) is 37.1 Å². The van der Waals surface area contributed by atoms with Crippen LogP contribution < -0.4 is 15.4 Å². The summed E-state index contributed by atoms with van der Waals surface area (Å²) >= 11 is 0. The van der Waals surface area contributed by atoms with E-state index in [9.17, 15) is 13.2 Å². The van der Waals surface area contributed by atoms with E-state index >= 15 is 0 Å². The highest BCUT2D eigenvalue weighted by molar-refractivity contribution is 14.0. The second-order valence-corrected chi connectivity index (χ2v) is 6.14. The number of nitrogens with one attached hydrogen (secondary N) is 2. The molecular formula is C18H27F3IN3O2. The Kier molecular flexibility index (Phi) is 10.8. The minimum Gasteiger partial charge on any atom is -0.405 e. The van der Waals surface area contributed by atoms with Crippen LogP contribution in [0, 0.1) is 0 Å². The van der Waals surface area contributed by atoms with Crippen LogP contribution in [0.4, 0.5) is 13.2 Å². The van der Waals surface area contributed by atoms with Crippen molar-refractivity contribution in [1.82, 2.24) is 10.6 Å². The van der Waals surface area contributed by atoms with E-state index < -0.39 is 6.36 Å². The molecule has 0 aromatic heterocycles. The van der Waals surface area contributed by atoms with Gasteiger partial charge in [0.25, 0.3) is 0 Å². The molecule has 154 valence electrons. The third kappa shape index (κ3) is 9.50. The molecule has 0 unspecified atom stereocenters. The first-order chi connectivity index (χ1) is 12.5. The summed E-state index contributed by atoms with van der Waals surface area (Å²) in [6, 6.07) is 6.04. The molecular weight excluding hydrogens is 474 g/mol. The summed E-state index contributed by atoms with van der Waals surface area (Å²) in [6.07, 6.45) is 1.32. The second-order valence-electron chi connectivity index (χ2n) is 6.14. The molecule has 0 saturated heterocycles. The number of alkyl halides is 3. The molecule has 0 heterocycles. The summed E-state index contributed by atoms with van der Waals surface area (Å²) in [7, 11) is 1.61. The zero-order valence-electron chi connectivity index (χ0n) is 15.3. The molecule has 0 bridgehead atoms. The molecule has 0 spiro atoms. The van der Waals surface area contributed by atoms with Gasteiger partial charge in [-0.3, -0.25) is 4.99 Å². The molecule has 1 aromatic carbocycles. The Balaban J connectivity index is 0.00000364. The Morgan fingerprint density at radius 1 is 1.19 bits per heavy atom. The standard InChI is InChI=1S/C18H26F3N3O2.HI/c1-22-17(23-11-6-12-25-15-8-3-4-9-15)24-13-14-7-2-5-10-16(14)26-18(19,20)21;/h2,5,7,10,15H,3-4,6,8-9,11-13H2,1H3,(H2,22,23,24);1H. The smallest absolute Gasteiger partial charge is 0.405 e. The number of nitrogens with zero attached hydrogens (tertiary/aromatic N) is 1. The second kappa shape index (κ2) is 12.3. The van der Waals surface area contributed by atoms with E-state index in [1.807, 2.05) is 0 Å². The van der Waals surface area contributed by atoms with Crippen LogP contribution in [0.5, 0.6) is 5.75 Å². The maximum Gasteiger partial charge on any atom is 0.573 e. The minimum absolute atomic E-state index is 0. The maximum atomic E-state index is 12.4. The molecule has 9 heteroatoms. The Hall–Kier alpha value is -1.23. The number of hydrogen-bond donors (Lipinski definition) is 2. The molecule has 0 aliphatic heterocycles. The summed E-state index contributed by atoms with van der Waals surface area (Å²) < 4.78 is 47.2. The monoisotopic (exact) mass is 501 g/mol. The third-order valence-electron chi connectivity index (χ3n) is 4.14. The van der Waals surface area contributed by atoms with Crippen LogP contribution in [0.25, 0.3) is 0 Å². The fourth-order valence-electron chi connectivity index (χ4n) is 2.86. The molecule has 0 amide bonds. The molecule has 1 fully saturated rings. The fraction of sp³-hybridized carbons (Fsp3) is 0.611. The molecule has 1 aliphatic carbocycles. The van der Waals surface area contributed by atoms with Crippen LogP contribution in [-0.2, 0) is 11.3 Å². The quantitative estimate of drug-likeness (QED) is 0.243. The lowest BCUT2D eigenvalue weighted by atomic mass is 10.2. The molecule has 2 N–H and O–H groups in total. The van der Waals surface area contributed by atoms with Crippen molar-refractivity contribution in [2.24, 2.45) is 4.99 Å². The number of guanidine groups is 1. The van der Waals surface area contributed by atoms with Crippen LogP contribution in [0.3, 0.4) is 0 Å². The average molecular weight is 501 g/mol. The molecule has 27 heavy (non-hydrogen) atoms. The van der Waals surface area contributed by atoms with Crippen LogP contribution in [-0.4, -0.2) is 38.6 Å². The van der Waals surface area contributed by atoms with Crippen molar-refractivity contribution in [3.63, 3.8) is 0 Å². The van der Waals surface area contributed by atoms with Gasteiger partial charge in [-0.25, -0.2) is 0 Å². The van der Waals surface area contributed by atoms with Gasteiger partial charge in [-0.05, 0) is 25.3 Å². The van der Waals surface area contributed by atoms with E-state index in [2.05, 4.69) is 20.4 Å². The first-order valence-corrected chi connectivity index (χ1v) is 8.87. The van der Waals surface area contributed by atoms with E-state index in [4.69, 9.17) is 4.74 Å². The van der Waals surface area contributed by atoms with E-state index in [0.29, 0.717) is 30.8 Å². The normalized spacial score (nSPS) is 15.3. The average Bonchev–Trinajstić information content (AvgIpc) is 3.10. The van der Waals surface area contributed by atoms with Gasteiger partial charge in [0.1, 0.15) is 5.75 Å². The lowest BCUT2D eigenvalue weighted by Gasteiger charge is -2.16. The van der Waals surface area contributed by atoms with Gasteiger partial charge >= 0.3 is 6.36 Å². The van der Waals surface area contributed by atoms with E-state index in [0.717, 1.165) is 19.3 Å². The third-order valence-corrected chi connectivity index (χ3v) is 4.14. The Labute approximate surface area is 175 Å². The number of halogens is 4. The van der Waals surface area contributed by atoms with E-state index in [1.54, 1.807) is 19.2 Å². The summed E-state index contributed by atoms with van der Waals surface area (Å²) in [6.45, 7) is 1.54. The number of hydrogen-bond acceptors (Lipinski definition) is 3. The lowest BCUT2D eigenvalue weighted by Crippen LogP contribution is -2.37. The molecule has 0 atom stereocenters. The highest BCUT2D eigenvalue weighted by atomic mass is 127. The van der Waals surface area contributed by atoms with Crippen molar-refractivity contribution in [3.05, 3.63) is 29.8 Å². The van der Waals surface area contributed by atoms with Crippen LogP contribution in [0.1, 0.15) is 37.7 Å². The zero-order valence-corrected chi connectivity index (χ0v) is 17.7. The van der Waals surface area contributed by atoms with Gasteiger partial charge in [-0.2, -0.15) is 0 Å². The Morgan fingerprint density at radius 2 is 1.89 bits per heavy atom. The van der Waals surface area contributed by atoms with E-state index in [1.165, 1.54) is 25.0 Å². The molecule has 0 radical (unpaired) electrons. The number of ether oxygens (including phenoxy) is 2. The topological polar surface area (TPSA) is 54.9 Å². The predicted octanol–water partition coefficient (Wildman–Crippen LogP) is 4.22. The maximum absolute atomic E-state index is 12.4. The Morgan fingerprint density at radius 3 is 2.56 bits per heavy atom. The van der Waals surface area contributed by atoms with Crippen molar-refractivity contribution >= 4 is 29.9 Å². The molecule has 1 aliphatic rings. The van der Waals surface area contributed by atoms with Gasteiger partial charge in [0, 0.05) is 32.3 Å². The molecule has 5 nitrogen and oxygen atoms in total. The zero-order chi connectivity index (χ0) is 18.8. The summed E-state index contributed by atoms with van der Waals surface area (Å²) in [5.74, 6) is 0.306. The first kappa shape index (κ1) is 23.8. The minimum atomic E-state index is -4.71. The highest BCUT2D eigenvalue weighted by Crippen LogP contribution is 2.26. The fourth-order valence-corrected chi connectivity index (χ4v) is 2.86. The molecule has 2 rings (SSSR count). The van der Waals surface area contributed by atoms with Gasteiger partial charge in [0.15, 0.2) is 5.96 Å². The number of rotatable bonds is 8. The number of aliphatic imine (C=N–C) groups is 1. The van der Waals surface area contributed by atoms with Crippen molar-refractivity contribution in [3.8, 4) is 5.75 Å². The lowest BCUT2D eigenvalue weighted by molar-refractivity contribution is -0.274. The number of benzene rings is 1. The van der Waals surface area contributed by atoms with Crippen LogP contribution >= 0.6 is 24.0 Å². The van der Waals surface area contributed by atoms with Crippen molar-refractivity contribution in [2.45, 2.75) is 51.1 Å². The van der Waals surface area contributed by atoms with Crippen molar-refractivity contribution < 1.29 is 22.6 Å². The summed E-state index contributed by atoms with van der Waals surface area (Å²) in [4.78, 5) is 4.07. The van der Waals surface area contributed by atoms with Crippen molar-refractivity contribution in [1.29, 1.82) is 0 Å².